The minimum atomic E-state index is 0.634. The van der Waals surface area contributed by atoms with Crippen LogP contribution in [0.25, 0.3) is 10.3 Å². The van der Waals surface area contributed by atoms with E-state index in [0.717, 1.165) is 22.0 Å². The maximum atomic E-state index is 4.43. The second kappa shape index (κ2) is 3.92. The van der Waals surface area contributed by atoms with Gasteiger partial charge in [0.25, 0.3) is 0 Å². The van der Waals surface area contributed by atoms with E-state index < -0.39 is 0 Å². The van der Waals surface area contributed by atoms with Gasteiger partial charge in [-0.15, -0.1) is 0 Å². The number of nitrogens with zero attached hydrogens (tertiary/aromatic N) is 2. The monoisotopic (exact) mass is 207 g/mol. The van der Waals surface area contributed by atoms with Gasteiger partial charge in [-0.3, -0.25) is 0 Å². The smallest absolute Gasteiger partial charge is 0.185 e. The molecule has 2 aromatic rings. The van der Waals surface area contributed by atoms with Gasteiger partial charge in [-0.05, 0) is 18.1 Å². The van der Waals surface area contributed by atoms with Crippen molar-refractivity contribution in [3.63, 3.8) is 0 Å². The zero-order chi connectivity index (χ0) is 9.97. The van der Waals surface area contributed by atoms with E-state index in [-0.39, 0.29) is 0 Å². The molecule has 0 aliphatic rings. The molecule has 2 aromatic heterocycles. The molecule has 2 heterocycles. The minimum Gasteiger partial charge on any atom is -0.361 e. The average molecular weight is 207 g/mol. The van der Waals surface area contributed by atoms with Crippen LogP contribution in [0.2, 0.25) is 0 Å². The van der Waals surface area contributed by atoms with Gasteiger partial charge in [0, 0.05) is 12.7 Å². The van der Waals surface area contributed by atoms with Gasteiger partial charge in [-0.25, -0.2) is 9.97 Å². The Labute approximate surface area is 87.2 Å². The Bertz CT molecular complexity index is 389. The van der Waals surface area contributed by atoms with E-state index in [0.29, 0.717) is 5.92 Å². The van der Waals surface area contributed by atoms with Crippen molar-refractivity contribution in [1.82, 2.24) is 9.97 Å². The molecule has 0 unspecified atom stereocenters. The summed E-state index contributed by atoms with van der Waals surface area (Å²) in [6.07, 6.45) is 1.80. The van der Waals surface area contributed by atoms with Crippen molar-refractivity contribution in [1.29, 1.82) is 0 Å². The molecule has 0 saturated carbocycles. The maximum Gasteiger partial charge on any atom is 0.185 e. The molecule has 0 bridgehead atoms. The van der Waals surface area contributed by atoms with Crippen molar-refractivity contribution in [3.05, 3.63) is 18.3 Å². The Kier molecular flexibility index (Phi) is 2.63. The van der Waals surface area contributed by atoms with Crippen molar-refractivity contribution in [3.8, 4) is 0 Å². The highest BCUT2D eigenvalue weighted by Gasteiger charge is 2.03. The number of nitrogens with one attached hydrogen (secondary N) is 1. The average Bonchev–Trinajstić information content (AvgIpc) is 2.57. The van der Waals surface area contributed by atoms with E-state index in [1.54, 1.807) is 17.5 Å². The first-order valence-electron chi connectivity index (χ1n) is 4.71. The summed E-state index contributed by atoms with van der Waals surface area (Å²) >= 11 is 1.61. The standard InChI is InChI=1S/C10H13N3S/c1-7(2)6-12-10-13-8-4-3-5-11-9(8)14-10/h3-5,7H,6H2,1-2H3,(H,12,13). The largest absolute Gasteiger partial charge is 0.361 e. The molecule has 0 atom stereocenters. The summed E-state index contributed by atoms with van der Waals surface area (Å²) in [6, 6.07) is 3.90. The summed E-state index contributed by atoms with van der Waals surface area (Å²) in [6.45, 7) is 5.32. The van der Waals surface area contributed by atoms with Gasteiger partial charge < -0.3 is 5.32 Å². The summed E-state index contributed by atoms with van der Waals surface area (Å²) in [5.41, 5.74) is 0.976. The van der Waals surface area contributed by atoms with E-state index in [1.807, 2.05) is 12.1 Å². The number of rotatable bonds is 3. The van der Waals surface area contributed by atoms with Crippen molar-refractivity contribution < 1.29 is 0 Å². The molecule has 14 heavy (non-hydrogen) atoms. The van der Waals surface area contributed by atoms with Gasteiger partial charge in [-0.1, -0.05) is 25.2 Å². The SMILES string of the molecule is CC(C)CNc1nc2cccnc2s1. The van der Waals surface area contributed by atoms with Crippen LogP contribution in [0.4, 0.5) is 5.13 Å². The van der Waals surface area contributed by atoms with Crippen molar-refractivity contribution in [2.24, 2.45) is 5.92 Å². The highest BCUT2D eigenvalue weighted by molar-refractivity contribution is 7.21. The van der Waals surface area contributed by atoms with Crippen LogP contribution in [0.3, 0.4) is 0 Å². The second-order valence-electron chi connectivity index (χ2n) is 3.62. The lowest BCUT2D eigenvalue weighted by atomic mass is 10.2. The molecule has 0 amide bonds. The molecule has 2 rings (SSSR count). The molecule has 0 fully saturated rings. The number of thiazole rings is 1. The van der Waals surface area contributed by atoms with E-state index in [4.69, 9.17) is 0 Å². The lowest BCUT2D eigenvalue weighted by molar-refractivity contribution is 0.688. The van der Waals surface area contributed by atoms with E-state index in [1.165, 1.54) is 0 Å². The van der Waals surface area contributed by atoms with Crippen LogP contribution in [-0.4, -0.2) is 16.5 Å². The van der Waals surface area contributed by atoms with Crippen LogP contribution < -0.4 is 5.32 Å². The summed E-state index contributed by atoms with van der Waals surface area (Å²) in [7, 11) is 0. The Balaban J connectivity index is 2.19. The number of pyridine rings is 1. The predicted octanol–water partition coefficient (Wildman–Crippen LogP) is 2.76. The highest BCUT2D eigenvalue weighted by Crippen LogP contribution is 2.23. The third-order valence-corrected chi connectivity index (χ3v) is 2.76. The zero-order valence-corrected chi connectivity index (χ0v) is 9.14. The highest BCUT2D eigenvalue weighted by atomic mass is 32.1. The Morgan fingerprint density at radius 3 is 3.07 bits per heavy atom. The van der Waals surface area contributed by atoms with Gasteiger partial charge in [0.1, 0.15) is 10.3 Å². The quantitative estimate of drug-likeness (QED) is 0.841. The zero-order valence-electron chi connectivity index (χ0n) is 8.32. The fraction of sp³-hybridized carbons (Fsp3) is 0.400. The fourth-order valence-electron chi connectivity index (χ4n) is 1.14. The first-order chi connectivity index (χ1) is 6.75. The Hall–Kier alpha value is -1.16. The first kappa shape index (κ1) is 9.40. The number of fused-ring (bicyclic) bond motifs is 1. The van der Waals surface area contributed by atoms with E-state index in [9.17, 15) is 0 Å². The molecule has 0 aromatic carbocycles. The lowest BCUT2D eigenvalue weighted by Crippen LogP contribution is -2.07. The van der Waals surface area contributed by atoms with Crippen LogP contribution in [0.1, 0.15) is 13.8 Å². The van der Waals surface area contributed by atoms with Gasteiger partial charge in [0.2, 0.25) is 0 Å². The van der Waals surface area contributed by atoms with Crippen LogP contribution in [0.5, 0.6) is 0 Å². The Morgan fingerprint density at radius 2 is 2.36 bits per heavy atom. The predicted molar refractivity (Wildman–Crippen MR) is 60.7 cm³/mol. The van der Waals surface area contributed by atoms with Crippen LogP contribution in [-0.2, 0) is 0 Å². The number of hydrogen-bond acceptors (Lipinski definition) is 4. The Morgan fingerprint density at radius 1 is 1.50 bits per heavy atom. The van der Waals surface area contributed by atoms with Crippen LogP contribution >= 0.6 is 11.3 Å². The van der Waals surface area contributed by atoms with Gasteiger partial charge in [-0.2, -0.15) is 0 Å². The number of hydrogen-bond donors (Lipinski definition) is 1. The summed E-state index contributed by atoms with van der Waals surface area (Å²) in [5.74, 6) is 0.634. The molecule has 1 N–H and O–H groups in total. The van der Waals surface area contributed by atoms with E-state index >= 15 is 0 Å². The number of anilines is 1. The summed E-state index contributed by atoms with van der Waals surface area (Å²) < 4.78 is 0. The number of aromatic nitrogens is 2. The van der Waals surface area contributed by atoms with Gasteiger partial charge in [0.05, 0.1) is 0 Å². The molecule has 0 radical (unpaired) electrons. The molecule has 0 aliphatic heterocycles. The minimum absolute atomic E-state index is 0.634. The van der Waals surface area contributed by atoms with Crippen LogP contribution in [0, 0.1) is 5.92 Å². The molecule has 0 saturated heterocycles. The molecule has 0 spiro atoms. The third kappa shape index (κ3) is 2.01. The second-order valence-corrected chi connectivity index (χ2v) is 4.60. The normalized spacial score (nSPS) is 11.1. The lowest BCUT2D eigenvalue weighted by Gasteiger charge is -2.03. The van der Waals surface area contributed by atoms with Crippen molar-refractivity contribution in [2.45, 2.75) is 13.8 Å². The molecule has 3 nitrogen and oxygen atoms in total. The van der Waals surface area contributed by atoms with Gasteiger partial charge >= 0.3 is 0 Å². The topological polar surface area (TPSA) is 37.8 Å². The molecular formula is C10H13N3S. The summed E-state index contributed by atoms with van der Waals surface area (Å²) in [4.78, 5) is 9.67. The maximum absolute atomic E-state index is 4.43. The third-order valence-electron chi connectivity index (χ3n) is 1.83. The van der Waals surface area contributed by atoms with E-state index in [2.05, 4.69) is 29.1 Å². The molecule has 4 heteroatoms. The molecule has 74 valence electrons. The summed E-state index contributed by atoms with van der Waals surface area (Å²) in [5, 5.41) is 4.27. The fourth-order valence-corrected chi connectivity index (χ4v) is 1.95. The van der Waals surface area contributed by atoms with Crippen molar-refractivity contribution >= 4 is 26.8 Å². The van der Waals surface area contributed by atoms with Crippen LogP contribution in [0.15, 0.2) is 18.3 Å². The molecule has 0 aliphatic carbocycles. The van der Waals surface area contributed by atoms with Crippen molar-refractivity contribution in [2.75, 3.05) is 11.9 Å². The first-order valence-corrected chi connectivity index (χ1v) is 5.53. The van der Waals surface area contributed by atoms with Gasteiger partial charge in [0.15, 0.2) is 5.13 Å². The molecular weight excluding hydrogens is 194 g/mol.